The Balaban J connectivity index is 1.40. The summed E-state index contributed by atoms with van der Waals surface area (Å²) in [4.78, 5) is 2.57. The minimum absolute atomic E-state index is 0.106. The first-order valence-electron chi connectivity index (χ1n) is 8.97. The second-order valence-electron chi connectivity index (χ2n) is 7.05. The molecule has 1 heterocycles. The molecule has 2 aromatic rings. The van der Waals surface area contributed by atoms with Gasteiger partial charge in [-0.05, 0) is 48.9 Å². The van der Waals surface area contributed by atoms with Gasteiger partial charge < -0.3 is 9.84 Å². The summed E-state index contributed by atoms with van der Waals surface area (Å²) in [7, 11) is 0. The molecule has 4 rings (SSSR count). The maximum absolute atomic E-state index is 9.73. The predicted molar refractivity (Wildman–Crippen MR) is 94.9 cm³/mol. The molecule has 1 aliphatic carbocycles. The standard InChI is InChI=1S/C21H25NO2/c23-19-10-14-22(15-11-19)21(12-13-21)18-6-8-20(9-7-18)24-16-17-4-2-1-3-5-17/h1-9,19,23H,10-16H2. The molecule has 0 radical (unpaired) electrons. The van der Waals surface area contributed by atoms with E-state index >= 15 is 0 Å². The Morgan fingerprint density at radius 1 is 0.958 bits per heavy atom. The molecule has 1 N–H and O–H groups in total. The van der Waals surface area contributed by atoms with Crippen LogP contribution in [0.5, 0.6) is 5.75 Å². The van der Waals surface area contributed by atoms with Crippen LogP contribution >= 0.6 is 0 Å². The second kappa shape index (κ2) is 6.58. The molecule has 3 nitrogen and oxygen atoms in total. The molecule has 1 saturated carbocycles. The van der Waals surface area contributed by atoms with Gasteiger partial charge in [0.1, 0.15) is 12.4 Å². The molecule has 0 unspecified atom stereocenters. The fourth-order valence-corrected chi connectivity index (χ4v) is 3.80. The molecular formula is C21H25NO2. The Bertz CT molecular complexity index is 656. The van der Waals surface area contributed by atoms with Gasteiger partial charge in [0.2, 0.25) is 0 Å². The van der Waals surface area contributed by atoms with E-state index in [1.165, 1.54) is 24.0 Å². The topological polar surface area (TPSA) is 32.7 Å². The van der Waals surface area contributed by atoms with E-state index in [1.807, 2.05) is 18.2 Å². The van der Waals surface area contributed by atoms with Gasteiger partial charge in [0.25, 0.3) is 0 Å². The number of rotatable bonds is 5. The van der Waals surface area contributed by atoms with Gasteiger partial charge in [-0.2, -0.15) is 0 Å². The van der Waals surface area contributed by atoms with Gasteiger partial charge >= 0.3 is 0 Å². The Hall–Kier alpha value is -1.84. The lowest BCUT2D eigenvalue weighted by molar-refractivity contribution is 0.0522. The van der Waals surface area contributed by atoms with Gasteiger partial charge in [-0.3, -0.25) is 4.90 Å². The molecule has 0 bridgehead atoms. The summed E-state index contributed by atoms with van der Waals surface area (Å²) in [6, 6.07) is 18.9. The second-order valence-corrected chi connectivity index (χ2v) is 7.05. The highest BCUT2D eigenvalue weighted by molar-refractivity contribution is 5.36. The first-order chi connectivity index (χ1) is 11.8. The molecule has 126 valence electrons. The third-order valence-corrected chi connectivity index (χ3v) is 5.43. The van der Waals surface area contributed by atoms with Crippen molar-refractivity contribution in [1.82, 2.24) is 4.90 Å². The number of nitrogens with zero attached hydrogens (tertiary/aromatic N) is 1. The van der Waals surface area contributed by atoms with Crippen molar-refractivity contribution in [1.29, 1.82) is 0 Å². The molecule has 0 spiro atoms. The van der Waals surface area contributed by atoms with Crippen molar-refractivity contribution in [3.8, 4) is 5.75 Å². The molecule has 0 atom stereocenters. The lowest BCUT2D eigenvalue weighted by atomic mass is 9.98. The molecule has 2 fully saturated rings. The molecule has 0 amide bonds. The van der Waals surface area contributed by atoms with Gasteiger partial charge in [-0.1, -0.05) is 42.5 Å². The maximum atomic E-state index is 9.73. The molecule has 1 aliphatic heterocycles. The van der Waals surface area contributed by atoms with Crippen LogP contribution in [0, 0.1) is 0 Å². The monoisotopic (exact) mass is 323 g/mol. The van der Waals surface area contributed by atoms with Crippen molar-refractivity contribution in [2.75, 3.05) is 13.1 Å². The van der Waals surface area contributed by atoms with Crippen molar-refractivity contribution in [3.63, 3.8) is 0 Å². The van der Waals surface area contributed by atoms with Crippen LogP contribution in [0.15, 0.2) is 54.6 Å². The van der Waals surface area contributed by atoms with Crippen molar-refractivity contribution in [2.45, 2.75) is 43.9 Å². The van der Waals surface area contributed by atoms with E-state index in [9.17, 15) is 5.11 Å². The first kappa shape index (κ1) is 15.7. The highest BCUT2D eigenvalue weighted by Crippen LogP contribution is 2.52. The lowest BCUT2D eigenvalue weighted by Crippen LogP contribution is -2.42. The van der Waals surface area contributed by atoms with Crippen LogP contribution in [0.1, 0.15) is 36.8 Å². The summed E-state index contributed by atoms with van der Waals surface area (Å²) < 4.78 is 5.89. The van der Waals surface area contributed by atoms with E-state index in [0.717, 1.165) is 31.7 Å². The summed E-state index contributed by atoms with van der Waals surface area (Å²) in [6.07, 6.45) is 4.16. The number of likely N-dealkylation sites (tertiary alicyclic amines) is 1. The average Bonchev–Trinajstić information content (AvgIpc) is 3.44. The number of ether oxygens (including phenoxy) is 1. The molecule has 2 aliphatic rings. The zero-order valence-corrected chi connectivity index (χ0v) is 14.0. The fraction of sp³-hybridized carbons (Fsp3) is 0.429. The Kier molecular flexibility index (Phi) is 4.30. The van der Waals surface area contributed by atoms with E-state index in [0.29, 0.717) is 6.61 Å². The van der Waals surface area contributed by atoms with Crippen molar-refractivity contribution in [2.24, 2.45) is 0 Å². The van der Waals surface area contributed by atoms with E-state index in [2.05, 4.69) is 41.3 Å². The number of aliphatic hydroxyl groups excluding tert-OH is 1. The maximum Gasteiger partial charge on any atom is 0.119 e. The number of benzene rings is 2. The van der Waals surface area contributed by atoms with Gasteiger partial charge in [0, 0.05) is 18.6 Å². The number of aliphatic hydroxyl groups is 1. The predicted octanol–water partition coefficient (Wildman–Crippen LogP) is 3.71. The van der Waals surface area contributed by atoms with Crippen LogP contribution in [0.2, 0.25) is 0 Å². The molecule has 1 saturated heterocycles. The largest absolute Gasteiger partial charge is 0.489 e. The molecule has 0 aromatic heterocycles. The highest BCUT2D eigenvalue weighted by Gasteiger charge is 2.49. The smallest absolute Gasteiger partial charge is 0.119 e. The number of hydrogen-bond donors (Lipinski definition) is 1. The third-order valence-electron chi connectivity index (χ3n) is 5.43. The first-order valence-corrected chi connectivity index (χ1v) is 8.97. The van der Waals surface area contributed by atoms with E-state index in [1.54, 1.807) is 0 Å². The minimum atomic E-state index is -0.106. The fourth-order valence-electron chi connectivity index (χ4n) is 3.80. The van der Waals surface area contributed by atoms with E-state index in [4.69, 9.17) is 4.74 Å². The normalized spacial score (nSPS) is 20.7. The van der Waals surface area contributed by atoms with Gasteiger partial charge in [0.15, 0.2) is 0 Å². The van der Waals surface area contributed by atoms with Crippen molar-refractivity contribution in [3.05, 3.63) is 65.7 Å². The SMILES string of the molecule is OC1CCN(C2(c3ccc(OCc4ccccc4)cc3)CC2)CC1. The molecule has 2 aromatic carbocycles. The zero-order chi connectivity index (χ0) is 16.4. The Morgan fingerprint density at radius 3 is 2.25 bits per heavy atom. The molecule has 24 heavy (non-hydrogen) atoms. The summed E-state index contributed by atoms with van der Waals surface area (Å²) >= 11 is 0. The van der Waals surface area contributed by atoms with Crippen LogP contribution in [-0.4, -0.2) is 29.2 Å². The quantitative estimate of drug-likeness (QED) is 0.910. The summed E-state index contributed by atoms with van der Waals surface area (Å²) in [5, 5.41) is 9.73. The lowest BCUT2D eigenvalue weighted by Gasteiger charge is -2.37. The Morgan fingerprint density at radius 2 is 1.62 bits per heavy atom. The van der Waals surface area contributed by atoms with Crippen LogP contribution in [-0.2, 0) is 12.1 Å². The zero-order valence-electron chi connectivity index (χ0n) is 14.0. The summed E-state index contributed by atoms with van der Waals surface area (Å²) in [5.74, 6) is 0.924. The van der Waals surface area contributed by atoms with Crippen LogP contribution < -0.4 is 4.74 Å². The molecular weight excluding hydrogens is 298 g/mol. The van der Waals surface area contributed by atoms with E-state index in [-0.39, 0.29) is 11.6 Å². The third kappa shape index (κ3) is 3.19. The molecule has 3 heteroatoms. The number of hydrogen-bond acceptors (Lipinski definition) is 3. The minimum Gasteiger partial charge on any atom is -0.489 e. The summed E-state index contributed by atoms with van der Waals surface area (Å²) in [5.41, 5.74) is 2.80. The van der Waals surface area contributed by atoms with Gasteiger partial charge in [-0.15, -0.1) is 0 Å². The van der Waals surface area contributed by atoms with Crippen molar-refractivity contribution >= 4 is 0 Å². The summed E-state index contributed by atoms with van der Waals surface area (Å²) in [6.45, 7) is 2.62. The number of piperidine rings is 1. The van der Waals surface area contributed by atoms with Gasteiger partial charge in [-0.25, -0.2) is 0 Å². The van der Waals surface area contributed by atoms with Gasteiger partial charge in [0.05, 0.1) is 6.10 Å². The van der Waals surface area contributed by atoms with Crippen LogP contribution in [0.3, 0.4) is 0 Å². The Labute approximate surface area is 143 Å². The van der Waals surface area contributed by atoms with Crippen LogP contribution in [0.4, 0.5) is 0 Å². The van der Waals surface area contributed by atoms with Crippen molar-refractivity contribution < 1.29 is 9.84 Å². The van der Waals surface area contributed by atoms with E-state index < -0.39 is 0 Å². The average molecular weight is 323 g/mol. The van der Waals surface area contributed by atoms with Crippen LogP contribution in [0.25, 0.3) is 0 Å². The highest BCUT2D eigenvalue weighted by atomic mass is 16.5.